The summed E-state index contributed by atoms with van der Waals surface area (Å²) in [4.78, 5) is 14.2. The van der Waals surface area contributed by atoms with Crippen molar-refractivity contribution in [3.63, 3.8) is 0 Å². The average Bonchev–Trinajstić information content (AvgIpc) is 3.01. The van der Waals surface area contributed by atoms with E-state index in [1.165, 1.54) is 19.1 Å². The monoisotopic (exact) mass is 375 g/mol. The van der Waals surface area contributed by atoms with Crippen LogP contribution in [0, 0.1) is 39.7 Å². The molecule has 2 aromatic rings. The summed E-state index contributed by atoms with van der Waals surface area (Å²) in [6, 6.07) is 13.3. The van der Waals surface area contributed by atoms with Crippen molar-refractivity contribution in [1.29, 1.82) is 10.5 Å². The molecule has 1 fully saturated rings. The second-order valence-electron chi connectivity index (χ2n) is 7.06. The Balaban J connectivity index is 2.05. The second-order valence-corrected chi connectivity index (χ2v) is 7.06. The lowest BCUT2D eigenvalue weighted by Crippen LogP contribution is -2.36. The van der Waals surface area contributed by atoms with Gasteiger partial charge in [0.25, 0.3) is 0 Å². The summed E-state index contributed by atoms with van der Waals surface area (Å²) in [6.45, 7) is 1.34. The first-order valence-electron chi connectivity index (χ1n) is 8.77. The van der Waals surface area contributed by atoms with Crippen LogP contribution in [0.4, 0.5) is 8.78 Å². The Morgan fingerprint density at radius 2 is 1.75 bits per heavy atom. The molecule has 6 heteroatoms. The van der Waals surface area contributed by atoms with Gasteiger partial charge >= 0.3 is 0 Å². The van der Waals surface area contributed by atoms with Crippen LogP contribution in [0.1, 0.15) is 35.6 Å². The fourth-order valence-electron chi connectivity index (χ4n) is 4.56. The molecule has 0 aliphatic carbocycles. The summed E-state index contributed by atoms with van der Waals surface area (Å²) in [7, 11) is 0. The van der Waals surface area contributed by atoms with E-state index in [4.69, 9.17) is 0 Å². The fourth-order valence-corrected chi connectivity index (χ4v) is 4.56. The summed E-state index contributed by atoms with van der Waals surface area (Å²) in [5.74, 6) is -3.68. The molecule has 1 saturated heterocycles. The van der Waals surface area contributed by atoms with E-state index in [1.54, 1.807) is 29.3 Å². The highest BCUT2D eigenvalue weighted by molar-refractivity contribution is 5.85. The lowest BCUT2D eigenvalue weighted by molar-refractivity contribution is -0.121. The number of fused-ring (bicyclic) bond motifs is 3. The van der Waals surface area contributed by atoms with Gasteiger partial charge in [0, 0.05) is 12.1 Å². The zero-order valence-electron chi connectivity index (χ0n) is 14.9. The molecule has 2 heterocycles. The van der Waals surface area contributed by atoms with Crippen LogP contribution in [-0.2, 0) is 4.79 Å². The van der Waals surface area contributed by atoms with Gasteiger partial charge in [-0.1, -0.05) is 36.4 Å². The Morgan fingerprint density at radius 1 is 1.07 bits per heavy atom. The highest BCUT2D eigenvalue weighted by Crippen LogP contribution is 2.59. The first-order valence-corrected chi connectivity index (χ1v) is 8.77. The highest BCUT2D eigenvalue weighted by atomic mass is 19.2. The van der Waals surface area contributed by atoms with Gasteiger partial charge in [-0.2, -0.15) is 10.5 Å². The highest BCUT2D eigenvalue weighted by Gasteiger charge is 2.63. The summed E-state index contributed by atoms with van der Waals surface area (Å²) >= 11 is 0. The largest absolute Gasteiger partial charge is 0.357 e. The Kier molecular flexibility index (Phi) is 4.01. The van der Waals surface area contributed by atoms with E-state index in [9.17, 15) is 24.1 Å². The Hall–Kier alpha value is -3.51. The number of ketones is 1. The van der Waals surface area contributed by atoms with Crippen LogP contribution in [-0.4, -0.2) is 16.7 Å². The zero-order valence-corrected chi connectivity index (χ0v) is 14.9. The van der Waals surface area contributed by atoms with Crippen molar-refractivity contribution in [3.05, 3.63) is 77.0 Å². The standard InChI is InChI=1S/C22H15F2N3O/c1-13(28)20-18(16-7-4-8-17(23)19(16)24)22(11-25,12-26)21-15-6-3-2-5-14(15)9-10-27(20)21/h2-10,18,20-21H,1H3/t18-,20-,21+/m1/s1. The van der Waals surface area contributed by atoms with E-state index >= 15 is 0 Å². The van der Waals surface area contributed by atoms with Gasteiger partial charge in [-0.25, -0.2) is 8.78 Å². The number of Topliss-reactive ketones (excluding diaryl/α,β-unsaturated/α-hetero) is 1. The van der Waals surface area contributed by atoms with Crippen molar-refractivity contribution in [2.24, 2.45) is 5.41 Å². The smallest absolute Gasteiger partial charge is 0.177 e. The first kappa shape index (κ1) is 17.9. The third kappa shape index (κ3) is 2.21. The molecule has 2 aliphatic rings. The molecule has 4 nitrogen and oxygen atoms in total. The molecule has 0 amide bonds. The lowest BCUT2D eigenvalue weighted by Gasteiger charge is -2.34. The number of halogens is 2. The molecule has 0 unspecified atom stereocenters. The van der Waals surface area contributed by atoms with E-state index < -0.39 is 35.1 Å². The van der Waals surface area contributed by atoms with Gasteiger partial charge in [0.1, 0.15) is 0 Å². The molecule has 0 saturated carbocycles. The maximum absolute atomic E-state index is 14.7. The van der Waals surface area contributed by atoms with E-state index in [2.05, 4.69) is 12.1 Å². The van der Waals surface area contributed by atoms with Crippen LogP contribution in [0.3, 0.4) is 0 Å². The van der Waals surface area contributed by atoms with Gasteiger partial charge in [0.05, 0.1) is 24.2 Å². The second kappa shape index (κ2) is 6.28. The molecule has 0 aromatic heterocycles. The van der Waals surface area contributed by atoms with E-state index in [0.29, 0.717) is 5.56 Å². The van der Waals surface area contributed by atoms with Crippen molar-refractivity contribution in [1.82, 2.24) is 4.90 Å². The molecule has 2 aromatic carbocycles. The minimum Gasteiger partial charge on any atom is -0.357 e. The van der Waals surface area contributed by atoms with Crippen LogP contribution < -0.4 is 0 Å². The SMILES string of the molecule is CC(=O)[C@@H]1[C@@H](c2cccc(F)c2F)C(C#N)(C#N)[C@@H]2c3ccccc3C=CN12. The topological polar surface area (TPSA) is 67.9 Å². The van der Waals surface area contributed by atoms with Gasteiger partial charge in [-0.05, 0) is 35.8 Å². The fraction of sp³-hybridized carbons (Fsp3) is 0.227. The normalized spacial score (nSPS) is 24.0. The molecule has 0 N–H and O–H groups in total. The van der Waals surface area contributed by atoms with E-state index in [-0.39, 0.29) is 11.3 Å². The Labute approximate surface area is 160 Å². The summed E-state index contributed by atoms with van der Waals surface area (Å²) in [6.07, 6.45) is 3.46. The molecule has 4 rings (SSSR count). The molecule has 0 radical (unpaired) electrons. The van der Waals surface area contributed by atoms with Crippen LogP contribution in [0.25, 0.3) is 6.08 Å². The molecular weight excluding hydrogens is 360 g/mol. The molecule has 2 aliphatic heterocycles. The maximum Gasteiger partial charge on any atom is 0.177 e. The molecule has 3 atom stereocenters. The molecule has 138 valence electrons. The predicted octanol–water partition coefficient (Wildman–Crippen LogP) is 4.08. The third-order valence-corrected chi connectivity index (χ3v) is 5.68. The third-order valence-electron chi connectivity index (χ3n) is 5.68. The summed E-state index contributed by atoms with van der Waals surface area (Å²) < 4.78 is 28.7. The number of rotatable bonds is 2. The molecular formula is C22H15F2N3O. The van der Waals surface area contributed by atoms with Crippen molar-refractivity contribution in [2.45, 2.75) is 24.9 Å². The average molecular weight is 375 g/mol. The number of carbonyl (C=O) groups is 1. The number of carbonyl (C=O) groups excluding carboxylic acids is 1. The van der Waals surface area contributed by atoms with Crippen molar-refractivity contribution in [3.8, 4) is 12.1 Å². The van der Waals surface area contributed by atoms with Crippen LogP contribution in [0.15, 0.2) is 48.7 Å². The van der Waals surface area contributed by atoms with Gasteiger partial charge in [0.15, 0.2) is 22.8 Å². The minimum atomic E-state index is -1.77. The molecule has 0 spiro atoms. The van der Waals surface area contributed by atoms with Crippen molar-refractivity contribution >= 4 is 11.9 Å². The Bertz CT molecular complexity index is 1080. The van der Waals surface area contributed by atoms with Crippen molar-refractivity contribution in [2.75, 3.05) is 0 Å². The lowest BCUT2D eigenvalue weighted by atomic mass is 9.67. The maximum atomic E-state index is 14.7. The van der Waals surface area contributed by atoms with Gasteiger partial charge < -0.3 is 4.90 Å². The van der Waals surface area contributed by atoms with E-state index in [1.807, 2.05) is 12.1 Å². The molecule has 28 heavy (non-hydrogen) atoms. The minimum absolute atomic E-state index is 0.136. The predicted molar refractivity (Wildman–Crippen MR) is 97.3 cm³/mol. The number of hydrogen-bond acceptors (Lipinski definition) is 4. The number of benzene rings is 2. The van der Waals surface area contributed by atoms with Gasteiger partial charge in [-0.3, -0.25) is 4.79 Å². The summed E-state index contributed by atoms with van der Waals surface area (Å²) in [5.41, 5.74) is -0.380. The molecule has 0 bridgehead atoms. The van der Waals surface area contributed by atoms with Crippen LogP contribution >= 0.6 is 0 Å². The first-order chi connectivity index (χ1) is 13.5. The number of nitrogens with zero attached hydrogens (tertiary/aromatic N) is 3. The van der Waals surface area contributed by atoms with Gasteiger partial charge in [-0.15, -0.1) is 0 Å². The van der Waals surface area contributed by atoms with Crippen LogP contribution in [0.5, 0.6) is 0 Å². The zero-order chi connectivity index (χ0) is 20.1. The number of hydrogen-bond donors (Lipinski definition) is 0. The quantitative estimate of drug-likeness (QED) is 0.793. The van der Waals surface area contributed by atoms with Crippen LogP contribution in [0.2, 0.25) is 0 Å². The van der Waals surface area contributed by atoms with Gasteiger partial charge in [0.2, 0.25) is 0 Å². The van der Waals surface area contributed by atoms with E-state index in [0.717, 1.165) is 11.6 Å². The van der Waals surface area contributed by atoms with Crippen molar-refractivity contribution < 1.29 is 13.6 Å². The summed E-state index contributed by atoms with van der Waals surface area (Å²) in [5, 5.41) is 20.2. The Morgan fingerprint density at radius 3 is 2.43 bits per heavy atom. The number of nitriles is 2.